The molecule has 0 bridgehead atoms. The van der Waals surface area contributed by atoms with Gasteiger partial charge in [0.15, 0.2) is 17.4 Å². The second kappa shape index (κ2) is 10.7. The quantitative estimate of drug-likeness (QED) is 0.253. The van der Waals surface area contributed by atoms with Crippen molar-refractivity contribution in [1.29, 1.82) is 0 Å². The number of amides is 1. The molecule has 1 aromatic carbocycles. The number of aliphatic imine (C=N–C) groups is 1. The summed E-state index contributed by atoms with van der Waals surface area (Å²) in [5, 5.41) is 14.5. The predicted molar refractivity (Wildman–Crippen MR) is 119 cm³/mol. The number of hydrogen-bond donors (Lipinski definition) is 3. The lowest BCUT2D eigenvalue weighted by Gasteiger charge is -2.17. The molecule has 3 aromatic rings. The summed E-state index contributed by atoms with van der Waals surface area (Å²) in [4.78, 5) is 15.9. The Bertz CT molecular complexity index is 974. The minimum Gasteiger partial charge on any atom is -0.369 e. The number of rotatable bonds is 7. The number of nitrogens with zero attached hydrogens (tertiary/aromatic N) is 4. The zero-order chi connectivity index (χ0) is 19.9. The van der Waals surface area contributed by atoms with Gasteiger partial charge in [-0.1, -0.05) is 18.2 Å². The standard InChI is InChI=1S/C19H22FN7O.HI/c1-22-19(24-12-17-26-25-16-4-2-3-9-27(16)17)23-11-14(18(21)28)10-13-5-7-15(20)8-6-13;/h2-9,14H,10-12H2,1H3,(H2,21,28)(H2,22,23,24);1H. The van der Waals surface area contributed by atoms with E-state index in [4.69, 9.17) is 5.73 Å². The van der Waals surface area contributed by atoms with Gasteiger partial charge in [-0.15, -0.1) is 34.2 Å². The molecule has 29 heavy (non-hydrogen) atoms. The maximum absolute atomic E-state index is 13.0. The molecular weight excluding hydrogens is 488 g/mol. The number of carbonyl (C=O) groups is 1. The van der Waals surface area contributed by atoms with E-state index in [1.54, 1.807) is 19.2 Å². The van der Waals surface area contributed by atoms with Crippen LogP contribution in [0.25, 0.3) is 5.65 Å². The van der Waals surface area contributed by atoms with Crippen molar-refractivity contribution in [2.24, 2.45) is 16.6 Å². The van der Waals surface area contributed by atoms with E-state index in [1.807, 2.05) is 28.8 Å². The second-order valence-electron chi connectivity index (χ2n) is 6.28. The summed E-state index contributed by atoms with van der Waals surface area (Å²) in [6.45, 7) is 0.705. The molecule has 0 saturated heterocycles. The molecule has 4 N–H and O–H groups in total. The molecule has 0 aliphatic rings. The molecule has 10 heteroatoms. The molecule has 1 unspecified atom stereocenters. The highest BCUT2D eigenvalue weighted by Crippen LogP contribution is 2.09. The molecule has 1 atom stereocenters. The Morgan fingerprint density at radius 1 is 1.21 bits per heavy atom. The van der Waals surface area contributed by atoms with E-state index in [0.717, 1.165) is 17.0 Å². The van der Waals surface area contributed by atoms with Crippen molar-refractivity contribution >= 4 is 41.5 Å². The molecule has 0 aliphatic heterocycles. The number of fused-ring (bicyclic) bond motifs is 1. The van der Waals surface area contributed by atoms with E-state index < -0.39 is 11.8 Å². The number of nitrogens with two attached hydrogens (primary N) is 1. The van der Waals surface area contributed by atoms with Gasteiger partial charge in [0.05, 0.1) is 12.5 Å². The molecule has 2 heterocycles. The minimum atomic E-state index is -0.460. The summed E-state index contributed by atoms with van der Waals surface area (Å²) in [5.74, 6) is 0.0334. The fourth-order valence-electron chi connectivity index (χ4n) is 2.79. The van der Waals surface area contributed by atoms with Gasteiger partial charge in [0.25, 0.3) is 0 Å². The first kappa shape index (κ1) is 22.5. The Morgan fingerprint density at radius 2 is 1.97 bits per heavy atom. The summed E-state index contributed by atoms with van der Waals surface area (Å²) in [6, 6.07) is 11.7. The van der Waals surface area contributed by atoms with Gasteiger partial charge in [-0.3, -0.25) is 14.2 Å². The first-order valence-corrected chi connectivity index (χ1v) is 8.83. The van der Waals surface area contributed by atoms with Gasteiger partial charge < -0.3 is 16.4 Å². The molecule has 3 rings (SSSR count). The topological polar surface area (TPSA) is 110 Å². The number of nitrogens with one attached hydrogen (secondary N) is 2. The lowest BCUT2D eigenvalue weighted by Crippen LogP contribution is -2.43. The van der Waals surface area contributed by atoms with E-state index in [9.17, 15) is 9.18 Å². The maximum atomic E-state index is 13.0. The van der Waals surface area contributed by atoms with Crippen molar-refractivity contribution in [2.75, 3.05) is 13.6 Å². The second-order valence-corrected chi connectivity index (χ2v) is 6.28. The first-order valence-electron chi connectivity index (χ1n) is 8.83. The van der Waals surface area contributed by atoms with Crippen LogP contribution in [0.15, 0.2) is 53.7 Å². The smallest absolute Gasteiger partial charge is 0.222 e. The van der Waals surface area contributed by atoms with Crippen molar-refractivity contribution in [3.05, 3.63) is 65.9 Å². The van der Waals surface area contributed by atoms with E-state index in [2.05, 4.69) is 25.8 Å². The summed E-state index contributed by atoms with van der Waals surface area (Å²) in [5.41, 5.74) is 7.12. The maximum Gasteiger partial charge on any atom is 0.222 e. The van der Waals surface area contributed by atoms with Crippen LogP contribution in [-0.4, -0.2) is 40.1 Å². The molecule has 0 radical (unpaired) electrons. The van der Waals surface area contributed by atoms with Crippen LogP contribution in [0.5, 0.6) is 0 Å². The number of primary amides is 1. The molecule has 8 nitrogen and oxygen atoms in total. The van der Waals surface area contributed by atoms with Gasteiger partial charge in [-0.25, -0.2) is 4.39 Å². The Morgan fingerprint density at radius 3 is 2.66 bits per heavy atom. The van der Waals surface area contributed by atoms with Crippen LogP contribution in [0.3, 0.4) is 0 Å². The van der Waals surface area contributed by atoms with Gasteiger partial charge in [-0.05, 0) is 36.2 Å². The lowest BCUT2D eigenvalue weighted by molar-refractivity contribution is -0.121. The lowest BCUT2D eigenvalue weighted by atomic mass is 9.98. The summed E-state index contributed by atoms with van der Waals surface area (Å²) >= 11 is 0. The molecule has 2 aromatic heterocycles. The highest BCUT2D eigenvalue weighted by molar-refractivity contribution is 14.0. The fraction of sp³-hybridized carbons (Fsp3) is 0.263. The Labute approximate surface area is 184 Å². The third-order valence-electron chi connectivity index (χ3n) is 4.34. The number of hydrogen-bond acceptors (Lipinski definition) is 4. The Kier molecular flexibility index (Phi) is 8.31. The normalized spacial score (nSPS) is 12.3. The number of pyridine rings is 1. The predicted octanol–water partition coefficient (Wildman–Crippen LogP) is 1.50. The van der Waals surface area contributed by atoms with Crippen molar-refractivity contribution in [1.82, 2.24) is 25.2 Å². The zero-order valence-electron chi connectivity index (χ0n) is 15.9. The van der Waals surface area contributed by atoms with Gasteiger partial charge in [0.1, 0.15) is 5.82 Å². The average Bonchev–Trinajstić information content (AvgIpc) is 3.11. The number of aromatic nitrogens is 3. The number of guanidine groups is 1. The summed E-state index contributed by atoms with van der Waals surface area (Å²) < 4.78 is 14.9. The van der Waals surface area contributed by atoms with Crippen LogP contribution < -0.4 is 16.4 Å². The van der Waals surface area contributed by atoms with E-state index in [-0.39, 0.29) is 29.8 Å². The van der Waals surface area contributed by atoms with E-state index in [1.165, 1.54) is 12.1 Å². The number of halogens is 2. The van der Waals surface area contributed by atoms with Crippen LogP contribution in [0, 0.1) is 11.7 Å². The molecule has 1 amide bonds. The molecular formula is C19H23FIN7O. The molecule has 0 fully saturated rings. The molecule has 0 spiro atoms. The van der Waals surface area contributed by atoms with Crippen molar-refractivity contribution in [2.45, 2.75) is 13.0 Å². The van der Waals surface area contributed by atoms with Gasteiger partial charge in [0, 0.05) is 19.8 Å². The van der Waals surface area contributed by atoms with Gasteiger partial charge >= 0.3 is 0 Å². The van der Waals surface area contributed by atoms with Crippen LogP contribution in [-0.2, 0) is 17.8 Å². The van der Waals surface area contributed by atoms with Gasteiger partial charge in [0.2, 0.25) is 5.91 Å². The first-order chi connectivity index (χ1) is 13.6. The van der Waals surface area contributed by atoms with Gasteiger partial charge in [-0.2, -0.15) is 0 Å². The van der Waals surface area contributed by atoms with Crippen LogP contribution >= 0.6 is 24.0 Å². The highest BCUT2D eigenvalue weighted by Gasteiger charge is 2.17. The molecule has 154 valence electrons. The third kappa shape index (κ3) is 6.11. The minimum absolute atomic E-state index is 0. The monoisotopic (exact) mass is 511 g/mol. The zero-order valence-corrected chi connectivity index (χ0v) is 18.2. The average molecular weight is 511 g/mol. The summed E-state index contributed by atoms with van der Waals surface area (Å²) in [7, 11) is 1.64. The largest absolute Gasteiger partial charge is 0.369 e. The molecule has 0 saturated carbocycles. The number of benzene rings is 1. The van der Waals surface area contributed by atoms with E-state index >= 15 is 0 Å². The highest BCUT2D eigenvalue weighted by atomic mass is 127. The number of carbonyl (C=O) groups excluding carboxylic acids is 1. The van der Waals surface area contributed by atoms with Crippen LogP contribution in [0.1, 0.15) is 11.4 Å². The fourth-order valence-corrected chi connectivity index (χ4v) is 2.79. The Balaban J connectivity index is 0.00000300. The van der Waals surface area contributed by atoms with Crippen LogP contribution in [0.4, 0.5) is 4.39 Å². The van der Waals surface area contributed by atoms with Crippen LogP contribution in [0.2, 0.25) is 0 Å². The van der Waals surface area contributed by atoms with E-state index in [0.29, 0.717) is 25.5 Å². The Hall–Kier alpha value is -2.76. The summed E-state index contributed by atoms with van der Waals surface area (Å²) in [6.07, 6.45) is 2.29. The SMILES string of the molecule is CN=C(NCc1nnc2ccccn12)NCC(Cc1ccc(F)cc1)C(N)=O.I. The van der Waals surface area contributed by atoms with Crippen molar-refractivity contribution < 1.29 is 9.18 Å². The molecule has 0 aliphatic carbocycles. The van der Waals surface area contributed by atoms with Crippen molar-refractivity contribution in [3.8, 4) is 0 Å². The third-order valence-corrected chi connectivity index (χ3v) is 4.34. The van der Waals surface area contributed by atoms with Crippen molar-refractivity contribution in [3.63, 3.8) is 0 Å².